The largest absolute Gasteiger partial charge is 0.352 e. The minimum atomic E-state index is -0.155. The van der Waals surface area contributed by atoms with Gasteiger partial charge < -0.3 is 15.5 Å². The van der Waals surface area contributed by atoms with E-state index >= 15 is 0 Å². The summed E-state index contributed by atoms with van der Waals surface area (Å²) in [5, 5.41) is 10.5. The molecule has 2 amide bonds. The third kappa shape index (κ3) is 5.30. The topological polar surface area (TPSA) is 79.3 Å². The van der Waals surface area contributed by atoms with Crippen LogP contribution in [-0.2, 0) is 17.9 Å². The number of carbonyl (C=O) groups is 2. The van der Waals surface area contributed by atoms with Crippen LogP contribution >= 0.6 is 0 Å². The third-order valence-electron chi connectivity index (χ3n) is 8.62. The zero-order valence-electron chi connectivity index (χ0n) is 21.1. The number of hydrogen-bond donors (Lipinski definition) is 2. The smallest absolute Gasteiger partial charge is 0.255 e. The van der Waals surface area contributed by atoms with Crippen LogP contribution in [0.25, 0.3) is 0 Å². The molecule has 4 aliphatic rings. The molecule has 4 aliphatic carbocycles. The van der Waals surface area contributed by atoms with E-state index in [2.05, 4.69) is 34.5 Å². The molecule has 0 atom stereocenters. The molecule has 0 aliphatic heterocycles. The second-order valence-corrected chi connectivity index (χ2v) is 11.1. The van der Waals surface area contributed by atoms with Crippen LogP contribution in [-0.4, -0.2) is 46.1 Å². The van der Waals surface area contributed by atoms with Crippen LogP contribution in [0.2, 0.25) is 0 Å². The highest BCUT2D eigenvalue weighted by atomic mass is 16.2. The van der Waals surface area contributed by atoms with Crippen LogP contribution in [0.5, 0.6) is 0 Å². The summed E-state index contributed by atoms with van der Waals surface area (Å²) >= 11 is 0. The Hall–Kier alpha value is -2.67. The molecular weight excluding hydrogens is 438 g/mol. The van der Waals surface area contributed by atoms with Crippen LogP contribution in [0.15, 0.2) is 36.7 Å². The molecule has 4 fully saturated rings. The molecule has 0 unspecified atom stereocenters. The summed E-state index contributed by atoms with van der Waals surface area (Å²) in [6.07, 6.45) is 10.8. The number of anilines is 1. The van der Waals surface area contributed by atoms with Crippen LogP contribution in [0, 0.1) is 23.2 Å². The first-order chi connectivity index (χ1) is 17.0. The first kappa shape index (κ1) is 24.0. The summed E-state index contributed by atoms with van der Waals surface area (Å²) in [4.78, 5) is 28.2. The van der Waals surface area contributed by atoms with Gasteiger partial charge in [0.2, 0.25) is 5.91 Å². The number of amides is 2. The van der Waals surface area contributed by atoms with Crippen molar-refractivity contribution in [3.05, 3.63) is 47.8 Å². The molecule has 7 nitrogen and oxygen atoms in total. The molecule has 0 saturated heterocycles. The molecular formula is C28H39N5O2. The Morgan fingerprint density at radius 3 is 2.26 bits per heavy atom. The lowest BCUT2D eigenvalue weighted by Crippen LogP contribution is -2.53. The molecule has 4 bridgehead atoms. The molecule has 1 heterocycles. The van der Waals surface area contributed by atoms with Crippen molar-refractivity contribution in [2.75, 3.05) is 25.0 Å². The standard InChI is InChI=1S/C28H39N5O2/c1-3-32(4-2)9-10-33-19-25(18-30-33)31-26(34)24-7-5-20(6-8-24)17-29-27(35)28-14-21-11-22(15-28)13-23(12-21)16-28/h5-8,18-19,21-23H,3-4,9-17H2,1-2H3,(H,29,35)(H,31,34). The summed E-state index contributed by atoms with van der Waals surface area (Å²) in [6, 6.07) is 7.52. The number of nitrogens with zero attached hydrogens (tertiary/aromatic N) is 3. The van der Waals surface area contributed by atoms with Gasteiger partial charge in [0.25, 0.3) is 5.91 Å². The summed E-state index contributed by atoms with van der Waals surface area (Å²) < 4.78 is 1.86. The minimum Gasteiger partial charge on any atom is -0.352 e. The lowest BCUT2D eigenvalue weighted by molar-refractivity contribution is -0.146. The Morgan fingerprint density at radius 1 is 1.03 bits per heavy atom. The number of rotatable bonds is 10. The maximum absolute atomic E-state index is 13.2. The van der Waals surface area contributed by atoms with Gasteiger partial charge in [-0.05, 0) is 87.1 Å². The Labute approximate surface area is 208 Å². The molecule has 188 valence electrons. The summed E-state index contributed by atoms with van der Waals surface area (Å²) in [7, 11) is 0. The molecule has 1 aromatic heterocycles. The highest BCUT2D eigenvalue weighted by molar-refractivity contribution is 6.04. The Bertz CT molecular complexity index is 1000. The third-order valence-corrected chi connectivity index (χ3v) is 8.62. The fraction of sp³-hybridized carbons (Fsp3) is 0.607. The monoisotopic (exact) mass is 477 g/mol. The first-order valence-corrected chi connectivity index (χ1v) is 13.4. The van der Waals surface area contributed by atoms with Gasteiger partial charge in [0.15, 0.2) is 0 Å². The number of aromatic nitrogens is 2. The van der Waals surface area contributed by atoms with Crippen molar-refractivity contribution in [3.63, 3.8) is 0 Å². The maximum atomic E-state index is 13.2. The Kier molecular flexibility index (Phi) is 6.96. The van der Waals surface area contributed by atoms with Gasteiger partial charge in [0.1, 0.15) is 0 Å². The van der Waals surface area contributed by atoms with Gasteiger partial charge in [-0.15, -0.1) is 0 Å². The van der Waals surface area contributed by atoms with Crippen LogP contribution in [0.1, 0.15) is 68.3 Å². The Morgan fingerprint density at radius 2 is 1.66 bits per heavy atom. The van der Waals surface area contributed by atoms with E-state index in [1.54, 1.807) is 6.20 Å². The van der Waals surface area contributed by atoms with E-state index in [9.17, 15) is 9.59 Å². The van der Waals surface area contributed by atoms with E-state index in [0.717, 1.165) is 68.8 Å². The van der Waals surface area contributed by atoms with Crippen molar-refractivity contribution in [2.24, 2.45) is 23.2 Å². The van der Waals surface area contributed by atoms with Crippen molar-refractivity contribution in [2.45, 2.75) is 65.5 Å². The highest BCUT2D eigenvalue weighted by Crippen LogP contribution is 2.60. The van der Waals surface area contributed by atoms with Gasteiger partial charge in [-0.2, -0.15) is 5.10 Å². The molecule has 2 aromatic rings. The Balaban J connectivity index is 1.11. The highest BCUT2D eigenvalue weighted by Gasteiger charge is 2.54. The molecule has 4 saturated carbocycles. The van der Waals surface area contributed by atoms with Gasteiger partial charge in [-0.3, -0.25) is 14.3 Å². The van der Waals surface area contributed by atoms with Crippen molar-refractivity contribution in [1.82, 2.24) is 20.0 Å². The van der Waals surface area contributed by atoms with Gasteiger partial charge in [0, 0.05) is 30.3 Å². The zero-order valence-corrected chi connectivity index (χ0v) is 21.1. The lowest BCUT2D eigenvalue weighted by atomic mass is 9.49. The molecule has 6 rings (SSSR count). The molecule has 35 heavy (non-hydrogen) atoms. The number of likely N-dealkylation sites (N-methyl/N-ethyl adjacent to an activating group) is 1. The molecule has 0 radical (unpaired) electrons. The van der Waals surface area contributed by atoms with Crippen molar-refractivity contribution < 1.29 is 9.59 Å². The molecule has 7 heteroatoms. The molecule has 2 N–H and O–H groups in total. The predicted molar refractivity (Wildman–Crippen MR) is 137 cm³/mol. The van der Waals surface area contributed by atoms with Gasteiger partial charge >= 0.3 is 0 Å². The van der Waals surface area contributed by atoms with E-state index < -0.39 is 0 Å². The van der Waals surface area contributed by atoms with E-state index in [4.69, 9.17) is 0 Å². The van der Waals surface area contributed by atoms with E-state index in [0.29, 0.717) is 17.8 Å². The van der Waals surface area contributed by atoms with E-state index in [1.165, 1.54) is 19.3 Å². The zero-order chi connectivity index (χ0) is 24.4. The quantitative estimate of drug-likeness (QED) is 0.534. The summed E-state index contributed by atoms with van der Waals surface area (Å²) in [5.41, 5.74) is 2.19. The second kappa shape index (κ2) is 10.1. The number of nitrogens with one attached hydrogen (secondary N) is 2. The maximum Gasteiger partial charge on any atom is 0.255 e. The molecule has 0 spiro atoms. The molecule has 1 aromatic carbocycles. The SMILES string of the molecule is CCN(CC)CCn1cc(NC(=O)c2ccc(CNC(=O)C34CC5CC(CC(C5)C3)C4)cc2)cn1. The average Bonchev–Trinajstić information content (AvgIpc) is 3.29. The fourth-order valence-electron chi connectivity index (χ4n) is 7.07. The van der Waals surface area contributed by atoms with Gasteiger partial charge in [0.05, 0.1) is 18.4 Å². The van der Waals surface area contributed by atoms with Crippen molar-refractivity contribution in [3.8, 4) is 0 Å². The van der Waals surface area contributed by atoms with Gasteiger partial charge in [-0.25, -0.2) is 0 Å². The summed E-state index contributed by atoms with van der Waals surface area (Å²) in [6.45, 7) is 8.58. The van der Waals surface area contributed by atoms with Crippen molar-refractivity contribution >= 4 is 17.5 Å². The average molecular weight is 478 g/mol. The van der Waals surface area contributed by atoms with E-state index in [1.807, 2.05) is 35.1 Å². The fourth-order valence-corrected chi connectivity index (χ4v) is 7.07. The number of benzene rings is 1. The summed E-state index contributed by atoms with van der Waals surface area (Å²) in [5.74, 6) is 2.38. The van der Waals surface area contributed by atoms with Crippen LogP contribution in [0.3, 0.4) is 0 Å². The first-order valence-electron chi connectivity index (χ1n) is 13.4. The number of hydrogen-bond acceptors (Lipinski definition) is 4. The normalized spacial score (nSPS) is 26.8. The predicted octanol–water partition coefficient (Wildman–Crippen LogP) is 4.31. The van der Waals surface area contributed by atoms with Gasteiger partial charge in [-0.1, -0.05) is 26.0 Å². The lowest BCUT2D eigenvalue weighted by Gasteiger charge is -2.55. The minimum absolute atomic E-state index is 0.121. The van der Waals surface area contributed by atoms with Crippen LogP contribution in [0.4, 0.5) is 5.69 Å². The second-order valence-electron chi connectivity index (χ2n) is 11.1. The van der Waals surface area contributed by atoms with Crippen molar-refractivity contribution in [1.29, 1.82) is 0 Å². The number of carbonyl (C=O) groups excluding carboxylic acids is 2. The van der Waals surface area contributed by atoms with E-state index in [-0.39, 0.29) is 17.2 Å². The van der Waals surface area contributed by atoms with Crippen LogP contribution < -0.4 is 10.6 Å².